The lowest BCUT2D eigenvalue weighted by Crippen LogP contribution is -2.07. The molecule has 0 aliphatic heterocycles. The molecule has 0 heterocycles. The highest BCUT2D eigenvalue weighted by Gasteiger charge is 1.90. The van der Waals surface area contributed by atoms with Crippen molar-refractivity contribution < 1.29 is 58.7 Å². The smallest absolute Gasteiger partial charge is 0.0745 e. The number of rotatable bonds is 22. The van der Waals surface area contributed by atoms with Crippen molar-refractivity contribution in [1.29, 1.82) is 0 Å². The fraction of sp³-hybridized carbons (Fsp3) is 1.00. The molecule has 0 aliphatic rings. The maximum atomic E-state index is 8.43. The quantitative estimate of drug-likeness (QED) is 0.0926. The predicted molar refractivity (Wildman–Crippen MR) is 199 cm³/mol. The molecule has 5 atom stereocenters. The lowest BCUT2D eigenvalue weighted by Gasteiger charge is -1.99. The van der Waals surface area contributed by atoms with Gasteiger partial charge in [0, 0.05) is 62.0 Å². The van der Waals surface area contributed by atoms with E-state index in [9.17, 15) is 0 Å². The highest BCUT2D eigenvalue weighted by Crippen LogP contribution is 1.92. The third kappa shape index (κ3) is 128. The van der Waals surface area contributed by atoms with Gasteiger partial charge in [0.15, 0.2) is 0 Å². The molecule has 0 fully saturated rings. The topological polar surface area (TPSA) is 166 Å². The van der Waals surface area contributed by atoms with E-state index in [1.807, 2.05) is 0 Å². The molecule has 0 rings (SSSR count). The van der Waals surface area contributed by atoms with Crippen LogP contribution in [0.4, 0.5) is 0 Å². The number of unbranched alkanes of at least 4 members (excludes halogenated alkanes) is 4. The molecule has 302 valence electrons. The molecule has 0 amide bonds. The van der Waals surface area contributed by atoms with Crippen LogP contribution in [0, 0.1) is 0 Å². The van der Waals surface area contributed by atoms with Crippen LogP contribution in [0.15, 0.2) is 0 Å². The van der Waals surface area contributed by atoms with Gasteiger partial charge in [-0.1, -0.05) is 53.4 Å². The molecule has 5 N–H and O–H groups in total. The second kappa shape index (κ2) is 65.0. The van der Waals surface area contributed by atoms with E-state index in [1.165, 1.54) is 51.4 Å². The molecule has 0 saturated carbocycles. The number of hydrogen-bond donors (Lipinski definition) is 5. The van der Waals surface area contributed by atoms with Gasteiger partial charge in [-0.15, -0.1) is 0 Å². The van der Waals surface area contributed by atoms with Gasteiger partial charge in [-0.25, -0.2) is 0 Å². The van der Waals surface area contributed by atoms with E-state index in [0.29, 0.717) is 33.0 Å². The van der Waals surface area contributed by atoms with Crippen LogP contribution in [-0.2, 0) is 33.2 Å². The number of methoxy groups -OCH3 is 5. The second-order valence-corrected chi connectivity index (χ2v) is 11.2. The monoisotopic (exact) mass is 711 g/mol. The number of ether oxygens (including phenoxy) is 7. The van der Waals surface area contributed by atoms with Crippen molar-refractivity contribution in [3.8, 4) is 0 Å². The van der Waals surface area contributed by atoms with Crippen molar-refractivity contribution in [2.24, 2.45) is 0 Å². The molecule has 0 aromatic carbocycles. The first kappa shape index (κ1) is 62.6. The summed E-state index contributed by atoms with van der Waals surface area (Å²) in [6.45, 7) is 23.1. The molecule has 5 unspecified atom stereocenters. The minimum Gasteiger partial charge on any atom is -0.391 e. The van der Waals surface area contributed by atoms with Crippen molar-refractivity contribution in [2.75, 3.05) is 95.0 Å². The maximum Gasteiger partial charge on any atom is 0.0745 e. The molecule has 12 nitrogen and oxygen atoms in total. The normalized spacial score (nSPS) is 12.8. The lowest BCUT2D eigenvalue weighted by molar-refractivity contribution is 0.0764. The number of aliphatic hydroxyl groups excluding tert-OH is 5. The van der Waals surface area contributed by atoms with Gasteiger partial charge in [0.2, 0.25) is 0 Å². The molecule has 0 saturated heterocycles. The Kier molecular flexibility index (Phi) is 84.8. The average Bonchev–Trinajstić information content (AvgIpc) is 2.99. The Balaban J connectivity index is -0.0000000825. The highest BCUT2D eigenvalue weighted by atomic mass is 16.5. The summed E-state index contributed by atoms with van der Waals surface area (Å²) in [7, 11) is 7.81. The Morgan fingerprint density at radius 3 is 0.542 bits per heavy atom. The van der Waals surface area contributed by atoms with Crippen LogP contribution in [0.1, 0.15) is 114 Å². The van der Waals surface area contributed by atoms with E-state index < -0.39 is 0 Å². The fourth-order valence-corrected chi connectivity index (χ4v) is 2.40. The summed E-state index contributed by atoms with van der Waals surface area (Å²) >= 11 is 0. The van der Waals surface area contributed by atoms with Crippen LogP contribution in [0.25, 0.3) is 0 Å². The highest BCUT2D eigenvalue weighted by molar-refractivity contribution is 4.39. The van der Waals surface area contributed by atoms with Crippen LogP contribution in [0.2, 0.25) is 0 Å². The third-order valence-corrected chi connectivity index (χ3v) is 4.61. The van der Waals surface area contributed by atoms with Gasteiger partial charge in [0.05, 0.1) is 63.6 Å². The second-order valence-electron chi connectivity index (χ2n) is 11.2. The van der Waals surface area contributed by atoms with Crippen LogP contribution in [-0.4, -0.2) is 151 Å². The van der Waals surface area contributed by atoms with Crippen LogP contribution >= 0.6 is 0 Å². The standard InChI is InChI=1S/2C8H18O.5C4H10O2/c2*1-3-5-7-9-8-6-4-2;5*1-4(5)3-6-2/h2*3-8H2,1-2H3;5*4-5H,3H2,1-2H3. The molecule has 0 aromatic heterocycles. The lowest BCUT2D eigenvalue weighted by atomic mass is 10.3. The van der Waals surface area contributed by atoms with Crippen molar-refractivity contribution in [2.45, 2.75) is 144 Å². The summed E-state index contributed by atoms with van der Waals surface area (Å²) in [5.74, 6) is 0. The molecular formula is C36H86O12. The summed E-state index contributed by atoms with van der Waals surface area (Å²) in [5.41, 5.74) is 0. The van der Waals surface area contributed by atoms with Crippen LogP contribution in [0.5, 0.6) is 0 Å². The van der Waals surface area contributed by atoms with Crippen molar-refractivity contribution >= 4 is 0 Å². The summed E-state index contributed by atoms with van der Waals surface area (Å²) < 4.78 is 33.4. The molecule has 0 radical (unpaired) electrons. The van der Waals surface area contributed by atoms with Crippen LogP contribution < -0.4 is 0 Å². The Hall–Kier alpha value is -0.480. The van der Waals surface area contributed by atoms with E-state index in [0.717, 1.165) is 26.4 Å². The third-order valence-electron chi connectivity index (χ3n) is 4.61. The van der Waals surface area contributed by atoms with E-state index in [1.54, 1.807) is 70.2 Å². The largest absolute Gasteiger partial charge is 0.391 e. The molecule has 12 heteroatoms. The molecular weight excluding hydrogens is 624 g/mol. The fourth-order valence-electron chi connectivity index (χ4n) is 2.40. The first-order valence-electron chi connectivity index (χ1n) is 17.7. The molecule has 0 spiro atoms. The summed E-state index contributed by atoms with van der Waals surface area (Å²) in [5, 5.41) is 42.1. The van der Waals surface area contributed by atoms with Gasteiger partial charge >= 0.3 is 0 Å². The predicted octanol–water partition coefficient (Wildman–Crippen LogP) is 5.27. The van der Waals surface area contributed by atoms with Gasteiger partial charge in [-0.2, -0.15) is 0 Å². The van der Waals surface area contributed by atoms with E-state index in [-0.39, 0.29) is 30.5 Å². The number of aliphatic hydroxyl groups is 5. The molecule has 0 bridgehead atoms. The minimum absolute atomic E-state index is 0.324. The molecule has 48 heavy (non-hydrogen) atoms. The molecule has 0 aliphatic carbocycles. The first-order chi connectivity index (χ1) is 22.7. The Labute approximate surface area is 297 Å². The van der Waals surface area contributed by atoms with Crippen molar-refractivity contribution in [3.63, 3.8) is 0 Å². The number of hydrogen-bond acceptors (Lipinski definition) is 12. The Morgan fingerprint density at radius 1 is 0.333 bits per heavy atom. The van der Waals surface area contributed by atoms with Gasteiger partial charge in [0.1, 0.15) is 0 Å². The zero-order valence-corrected chi connectivity index (χ0v) is 34.0. The minimum atomic E-state index is -0.324. The van der Waals surface area contributed by atoms with Gasteiger partial charge < -0.3 is 58.7 Å². The first-order valence-corrected chi connectivity index (χ1v) is 17.7. The summed E-state index contributed by atoms with van der Waals surface area (Å²) in [4.78, 5) is 0. The van der Waals surface area contributed by atoms with Gasteiger partial charge in [-0.05, 0) is 60.3 Å². The van der Waals surface area contributed by atoms with Crippen LogP contribution in [0.3, 0.4) is 0 Å². The molecule has 0 aromatic rings. The van der Waals surface area contributed by atoms with E-state index >= 15 is 0 Å². The van der Waals surface area contributed by atoms with E-state index in [4.69, 9.17) is 35.0 Å². The van der Waals surface area contributed by atoms with Gasteiger partial charge in [-0.3, -0.25) is 0 Å². The maximum absolute atomic E-state index is 8.43. The summed E-state index contributed by atoms with van der Waals surface area (Å²) in [6.07, 6.45) is 8.20. The zero-order chi connectivity index (χ0) is 38.9. The SMILES string of the molecule is CCCCOCCCC.CCCCOCCCC.COCC(C)O.COCC(C)O.COCC(C)O.COCC(C)O.COCC(C)O. The zero-order valence-electron chi connectivity index (χ0n) is 34.0. The Morgan fingerprint density at radius 2 is 0.479 bits per heavy atom. The summed E-state index contributed by atoms with van der Waals surface area (Å²) in [6, 6.07) is 0. The van der Waals surface area contributed by atoms with Crippen molar-refractivity contribution in [1.82, 2.24) is 0 Å². The van der Waals surface area contributed by atoms with E-state index in [2.05, 4.69) is 51.4 Å². The van der Waals surface area contributed by atoms with Gasteiger partial charge in [0.25, 0.3) is 0 Å². The average molecular weight is 711 g/mol. The van der Waals surface area contributed by atoms with Crippen molar-refractivity contribution in [3.05, 3.63) is 0 Å². The Bertz CT molecular complexity index is 357.